The molecule has 0 saturated carbocycles. The van der Waals surface area contributed by atoms with E-state index >= 15 is 0 Å². The molecule has 0 spiro atoms. The Balaban J connectivity index is 2.52. The van der Waals surface area contributed by atoms with Crippen LogP contribution in [0.4, 0.5) is 0 Å². The zero-order chi connectivity index (χ0) is 9.26. The van der Waals surface area contributed by atoms with E-state index in [4.69, 9.17) is 4.52 Å². The lowest BCUT2D eigenvalue weighted by Gasteiger charge is -1.95. The molecule has 0 unspecified atom stereocenters. The Morgan fingerprint density at radius 3 is 2.69 bits per heavy atom. The number of nitrogens with zero attached hydrogens (tertiary/aromatic N) is 2. The van der Waals surface area contributed by atoms with Crippen molar-refractivity contribution in [2.75, 3.05) is 0 Å². The second kappa shape index (κ2) is 3.75. The van der Waals surface area contributed by atoms with Crippen molar-refractivity contribution in [3.05, 3.63) is 32.6 Å². The molecule has 0 aliphatic carbocycles. The van der Waals surface area contributed by atoms with Gasteiger partial charge in [-0.2, -0.15) is 4.98 Å². The second-order valence-electron chi connectivity index (χ2n) is 2.35. The van der Waals surface area contributed by atoms with E-state index < -0.39 is 0 Å². The van der Waals surface area contributed by atoms with E-state index in [0.29, 0.717) is 9.72 Å². The molecule has 2 aromatic rings. The van der Waals surface area contributed by atoms with Crippen LogP contribution in [-0.2, 0) is 0 Å². The Kier molecular flexibility index (Phi) is 2.63. The molecule has 0 aliphatic rings. The zero-order valence-electron chi connectivity index (χ0n) is 6.37. The first-order valence-electron chi connectivity index (χ1n) is 3.51. The second-order valence-corrected chi connectivity index (χ2v) is 4.17. The number of hydrogen-bond donors (Lipinski definition) is 0. The molecular formula is C8H4BrIN2O. The molecule has 3 nitrogen and oxygen atoms in total. The van der Waals surface area contributed by atoms with Gasteiger partial charge in [0.25, 0.3) is 5.89 Å². The minimum atomic E-state index is 0.539. The normalized spacial score (nSPS) is 10.3. The monoisotopic (exact) mass is 350 g/mol. The van der Waals surface area contributed by atoms with Crippen LogP contribution in [0.2, 0.25) is 0 Å². The highest BCUT2D eigenvalue weighted by Crippen LogP contribution is 2.26. The molecule has 0 amide bonds. The van der Waals surface area contributed by atoms with E-state index in [2.05, 4.69) is 26.1 Å². The summed E-state index contributed by atoms with van der Waals surface area (Å²) in [5, 5.41) is 3.71. The van der Waals surface area contributed by atoms with Crippen molar-refractivity contribution in [3.63, 3.8) is 0 Å². The Morgan fingerprint density at radius 2 is 2.08 bits per heavy atom. The first kappa shape index (κ1) is 9.14. The summed E-state index contributed by atoms with van der Waals surface area (Å²) in [7, 11) is 0. The van der Waals surface area contributed by atoms with Gasteiger partial charge in [0.2, 0.25) is 3.83 Å². The maximum absolute atomic E-state index is 5.03. The van der Waals surface area contributed by atoms with Crippen molar-refractivity contribution in [1.82, 2.24) is 10.1 Å². The number of halogens is 2. The Bertz CT molecular complexity index is 430. The average Bonchev–Trinajstić information content (AvgIpc) is 2.53. The van der Waals surface area contributed by atoms with Gasteiger partial charge < -0.3 is 4.52 Å². The Labute approximate surface area is 96.8 Å². The summed E-state index contributed by atoms with van der Waals surface area (Å²) >= 11 is 5.42. The number of hydrogen-bond acceptors (Lipinski definition) is 3. The number of rotatable bonds is 1. The van der Waals surface area contributed by atoms with Crippen LogP contribution in [0.25, 0.3) is 11.5 Å². The third-order valence-electron chi connectivity index (χ3n) is 1.51. The first-order chi connectivity index (χ1) is 6.27. The number of aromatic nitrogens is 2. The van der Waals surface area contributed by atoms with Gasteiger partial charge in [-0.25, -0.2) is 0 Å². The Morgan fingerprint density at radius 1 is 1.31 bits per heavy atom. The summed E-state index contributed by atoms with van der Waals surface area (Å²) in [5.41, 5.74) is 0.915. The SMILES string of the molecule is Brc1ccccc1-c1nc(I)no1. The van der Waals surface area contributed by atoms with Gasteiger partial charge in [0.15, 0.2) is 0 Å². The fraction of sp³-hybridized carbons (Fsp3) is 0. The lowest BCUT2D eigenvalue weighted by Crippen LogP contribution is -1.78. The van der Waals surface area contributed by atoms with E-state index in [0.717, 1.165) is 10.0 Å². The fourth-order valence-corrected chi connectivity index (χ4v) is 1.72. The van der Waals surface area contributed by atoms with Gasteiger partial charge in [-0.15, -0.1) is 0 Å². The molecule has 1 heterocycles. The molecule has 66 valence electrons. The molecule has 0 aliphatic heterocycles. The minimum Gasteiger partial charge on any atom is -0.333 e. The van der Waals surface area contributed by atoms with Crippen LogP contribution in [0.3, 0.4) is 0 Å². The van der Waals surface area contributed by atoms with Gasteiger partial charge in [-0.05, 0) is 28.1 Å². The predicted molar refractivity (Wildman–Crippen MR) is 60.2 cm³/mol. The highest BCUT2D eigenvalue weighted by atomic mass is 127. The molecule has 0 atom stereocenters. The summed E-state index contributed by atoms with van der Waals surface area (Å²) in [5.74, 6) is 0.539. The first-order valence-corrected chi connectivity index (χ1v) is 5.38. The van der Waals surface area contributed by atoms with Crippen molar-refractivity contribution < 1.29 is 4.52 Å². The van der Waals surface area contributed by atoms with Crippen molar-refractivity contribution >= 4 is 38.5 Å². The average molecular weight is 351 g/mol. The van der Waals surface area contributed by atoms with Gasteiger partial charge in [-0.3, -0.25) is 0 Å². The van der Waals surface area contributed by atoms with Crippen molar-refractivity contribution in [2.45, 2.75) is 0 Å². The number of benzene rings is 1. The third kappa shape index (κ3) is 1.91. The van der Waals surface area contributed by atoms with Gasteiger partial charge in [0, 0.05) is 27.1 Å². The summed E-state index contributed by atoms with van der Waals surface area (Å²) in [6.45, 7) is 0. The highest BCUT2D eigenvalue weighted by Gasteiger charge is 2.08. The zero-order valence-corrected chi connectivity index (χ0v) is 10.1. The lowest BCUT2D eigenvalue weighted by atomic mass is 10.2. The summed E-state index contributed by atoms with van der Waals surface area (Å²) < 4.78 is 6.60. The van der Waals surface area contributed by atoms with Crippen LogP contribution >= 0.6 is 38.5 Å². The summed E-state index contributed by atoms with van der Waals surface area (Å²) in [4.78, 5) is 4.12. The molecule has 0 saturated heterocycles. The lowest BCUT2D eigenvalue weighted by molar-refractivity contribution is 0.425. The van der Waals surface area contributed by atoms with Gasteiger partial charge in [0.1, 0.15) is 0 Å². The quantitative estimate of drug-likeness (QED) is 0.742. The molecule has 5 heteroatoms. The molecule has 0 bridgehead atoms. The van der Waals surface area contributed by atoms with Crippen LogP contribution in [0.5, 0.6) is 0 Å². The van der Waals surface area contributed by atoms with Gasteiger partial charge in [0.05, 0.1) is 5.56 Å². The third-order valence-corrected chi connectivity index (χ3v) is 2.64. The van der Waals surface area contributed by atoms with Crippen molar-refractivity contribution in [3.8, 4) is 11.5 Å². The smallest absolute Gasteiger partial charge is 0.259 e. The molecule has 1 aromatic heterocycles. The van der Waals surface area contributed by atoms with E-state index in [9.17, 15) is 0 Å². The van der Waals surface area contributed by atoms with E-state index in [1.807, 2.05) is 46.9 Å². The fourth-order valence-electron chi connectivity index (χ4n) is 0.950. The van der Waals surface area contributed by atoms with E-state index in [-0.39, 0.29) is 0 Å². The maximum Gasteiger partial charge on any atom is 0.259 e. The van der Waals surface area contributed by atoms with E-state index in [1.54, 1.807) is 0 Å². The molecule has 2 rings (SSSR count). The van der Waals surface area contributed by atoms with Crippen molar-refractivity contribution in [1.29, 1.82) is 0 Å². The van der Waals surface area contributed by atoms with Gasteiger partial charge in [-0.1, -0.05) is 17.3 Å². The van der Waals surface area contributed by atoms with Gasteiger partial charge >= 0.3 is 0 Å². The van der Waals surface area contributed by atoms with E-state index in [1.165, 1.54) is 0 Å². The Hall–Kier alpha value is -0.430. The molecule has 0 fully saturated rings. The van der Waals surface area contributed by atoms with Crippen LogP contribution < -0.4 is 0 Å². The minimum absolute atomic E-state index is 0.539. The summed E-state index contributed by atoms with van der Waals surface area (Å²) in [6.07, 6.45) is 0. The molecule has 1 aromatic carbocycles. The molecular weight excluding hydrogens is 347 g/mol. The van der Waals surface area contributed by atoms with Crippen LogP contribution in [-0.4, -0.2) is 10.1 Å². The predicted octanol–water partition coefficient (Wildman–Crippen LogP) is 3.10. The highest BCUT2D eigenvalue weighted by molar-refractivity contribution is 14.1. The molecule has 0 N–H and O–H groups in total. The van der Waals surface area contributed by atoms with Crippen LogP contribution in [0.1, 0.15) is 0 Å². The largest absolute Gasteiger partial charge is 0.333 e. The standard InChI is InChI=1S/C8H4BrIN2O/c9-6-4-2-1-3-5(6)7-11-8(10)12-13-7/h1-4H. The molecule has 13 heavy (non-hydrogen) atoms. The van der Waals surface area contributed by atoms with Crippen LogP contribution in [0.15, 0.2) is 33.3 Å². The summed E-state index contributed by atoms with van der Waals surface area (Å²) in [6, 6.07) is 7.73. The molecule has 0 radical (unpaired) electrons. The topological polar surface area (TPSA) is 38.9 Å². The van der Waals surface area contributed by atoms with Crippen molar-refractivity contribution in [2.24, 2.45) is 0 Å². The van der Waals surface area contributed by atoms with Crippen LogP contribution in [0, 0.1) is 3.83 Å². The maximum atomic E-state index is 5.03.